The number of aromatic nitrogens is 1. The van der Waals surface area contributed by atoms with E-state index in [9.17, 15) is 4.79 Å². The van der Waals surface area contributed by atoms with Crippen molar-refractivity contribution in [1.82, 2.24) is 4.98 Å². The van der Waals surface area contributed by atoms with Gasteiger partial charge in [-0.2, -0.15) is 0 Å². The Labute approximate surface area is 116 Å². The highest BCUT2D eigenvalue weighted by atomic mass is 16.7. The van der Waals surface area contributed by atoms with E-state index in [-0.39, 0.29) is 5.88 Å². The second kappa shape index (κ2) is 5.64. The molecule has 2 aromatic rings. The normalized spacial score (nSPS) is 10.2. The van der Waals surface area contributed by atoms with E-state index >= 15 is 0 Å². The van der Waals surface area contributed by atoms with E-state index in [0.29, 0.717) is 17.2 Å². The standard InChI is InChI=1S/C14H15NO5/c1-8-10-7-12(18-3)11(17-2)5-9(10)6-13(15-8)20-14(16)19-4/h5-7H,1-4H3. The van der Waals surface area contributed by atoms with Gasteiger partial charge in [0.25, 0.3) is 0 Å². The molecule has 0 fully saturated rings. The largest absolute Gasteiger partial charge is 0.514 e. The average molecular weight is 277 g/mol. The van der Waals surface area contributed by atoms with Crippen LogP contribution in [0.15, 0.2) is 18.2 Å². The Hall–Kier alpha value is -2.50. The molecule has 0 aliphatic carbocycles. The minimum Gasteiger partial charge on any atom is -0.493 e. The number of ether oxygens (including phenoxy) is 4. The van der Waals surface area contributed by atoms with Gasteiger partial charge < -0.3 is 18.9 Å². The van der Waals surface area contributed by atoms with Gasteiger partial charge in [-0.3, -0.25) is 0 Å². The smallest absolute Gasteiger partial charge is 0.493 e. The quantitative estimate of drug-likeness (QED) is 0.803. The maximum atomic E-state index is 11.1. The van der Waals surface area contributed by atoms with Crippen LogP contribution in [0.2, 0.25) is 0 Å². The molecule has 1 aromatic heterocycles. The van der Waals surface area contributed by atoms with Crippen LogP contribution in [0.4, 0.5) is 4.79 Å². The average Bonchev–Trinajstić information content (AvgIpc) is 2.45. The van der Waals surface area contributed by atoms with Crippen LogP contribution in [0.5, 0.6) is 17.4 Å². The lowest BCUT2D eigenvalue weighted by Crippen LogP contribution is -2.08. The van der Waals surface area contributed by atoms with E-state index in [0.717, 1.165) is 10.8 Å². The van der Waals surface area contributed by atoms with E-state index in [1.807, 2.05) is 13.0 Å². The maximum Gasteiger partial charge on any atom is 0.514 e. The molecule has 0 spiro atoms. The molecule has 2 rings (SSSR count). The minimum absolute atomic E-state index is 0.175. The van der Waals surface area contributed by atoms with E-state index in [1.165, 1.54) is 7.11 Å². The predicted molar refractivity (Wildman–Crippen MR) is 72.6 cm³/mol. The first-order chi connectivity index (χ1) is 9.58. The molecule has 0 radical (unpaired) electrons. The lowest BCUT2D eigenvalue weighted by atomic mass is 10.1. The number of carbonyl (C=O) groups is 1. The molecular formula is C14H15NO5. The van der Waals surface area contributed by atoms with Crippen molar-refractivity contribution < 1.29 is 23.7 Å². The van der Waals surface area contributed by atoms with Crippen LogP contribution in [0, 0.1) is 6.92 Å². The second-order valence-electron chi connectivity index (χ2n) is 4.03. The molecule has 0 N–H and O–H groups in total. The van der Waals surface area contributed by atoms with Crippen LogP contribution in [0.1, 0.15) is 5.69 Å². The van der Waals surface area contributed by atoms with Gasteiger partial charge in [-0.1, -0.05) is 0 Å². The van der Waals surface area contributed by atoms with E-state index < -0.39 is 6.16 Å². The first kappa shape index (κ1) is 13.9. The van der Waals surface area contributed by atoms with Crippen molar-refractivity contribution in [2.75, 3.05) is 21.3 Å². The van der Waals surface area contributed by atoms with Gasteiger partial charge in [-0.15, -0.1) is 0 Å². The number of aryl methyl sites for hydroxylation is 1. The van der Waals surface area contributed by atoms with Gasteiger partial charge in [0.05, 0.1) is 21.3 Å². The van der Waals surface area contributed by atoms with Gasteiger partial charge in [0.15, 0.2) is 11.5 Å². The number of fused-ring (bicyclic) bond motifs is 1. The van der Waals surface area contributed by atoms with Crippen molar-refractivity contribution >= 4 is 16.9 Å². The maximum absolute atomic E-state index is 11.1. The van der Waals surface area contributed by atoms with E-state index in [4.69, 9.17) is 14.2 Å². The lowest BCUT2D eigenvalue weighted by Gasteiger charge is -2.11. The number of hydrogen-bond donors (Lipinski definition) is 0. The molecule has 106 valence electrons. The molecule has 20 heavy (non-hydrogen) atoms. The summed E-state index contributed by atoms with van der Waals surface area (Å²) in [5, 5.41) is 1.72. The SMILES string of the molecule is COC(=O)Oc1cc2cc(OC)c(OC)cc2c(C)n1. The highest BCUT2D eigenvalue weighted by Gasteiger charge is 2.12. The highest BCUT2D eigenvalue weighted by Crippen LogP contribution is 2.34. The fourth-order valence-corrected chi connectivity index (χ4v) is 1.90. The highest BCUT2D eigenvalue weighted by molar-refractivity contribution is 5.89. The Morgan fingerprint density at radius 1 is 1.05 bits per heavy atom. The zero-order valence-electron chi connectivity index (χ0n) is 11.7. The third kappa shape index (κ3) is 2.59. The first-order valence-corrected chi connectivity index (χ1v) is 5.88. The summed E-state index contributed by atoms with van der Waals surface area (Å²) in [7, 11) is 4.37. The summed E-state index contributed by atoms with van der Waals surface area (Å²) in [5.74, 6) is 1.38. The number of hydrogen-bond acceptors (Lipinski definition) is 6. The summed E-state index contributed by atoms with van der Waals surface area (Å²) >= 11 is 0. The van der Waals surface area contributed by atoms with Crippen LogP contribution in [0.3, 0.4) is 0 Å². The number of methoxy groups -OCH3 is 3. The van der Waals surface area contributed by atoms with Gasteiger partial charge in [-0.25, -0.2) is 9.78 Å². The van der Waals surface area contributed by atoms with Crippen LogP contribution < -0.4 is 14.2 Å². The molecule has 0 amide bonds. The van der Waals surface area contributed by atoms with E-state index in [2.05, 4.69) is 9.72 Å². The zero-order chi connectivity index (χ0) is 14.7. The van der Waals surface area contributed by atoms with Crippen molar-refractivity contribution in [3.05, 3.63) is 23.9 Å². The zero-order valence-corrected chi connectivity index (χ0v) is 11.7. The summed E-state index contributed by atoms with van der Waals surface area (Å²) in [4.78, 5) is 15.3. The van der Waals surface area contributed by atoms with Crippen LogP contribution in [-0.2, 0) is 4.74 Å². The summed E-state index contributed by atoms with van der Waals surface area (Å²) in [6, 6.07) is 5.27. The molecule has 6 nitrogen and oxygen atoms in total. The molecular weight excluding hydrogens is 262 g/mol. The fourth-order valence-electron chi connectivity index (χ4n) is 1.90. The molecule has 0 saturated carbocycles. The van der Waals surface area contributed by atoms with Gasteiger partial charge in [0.2, 0.25) is 5.88 Å². The summed E-state index contributed by atoms with van der Waals surface area (Å²) in [6.45, 7) is 1.82. The molecule has 1 heterocycles. The van der Waals surface area contributed by atoms with Crippen molar-refractivity contribution in [1.29, 1.82) is 0 Å². The van der Waals surface area contributed by atoms with Crippen molar-refractivity contribution in [3.63, 3.8) is 0 Å². The molecule has 0 aliphatic rings. The third-order valence-corrected chi connectivity index (χ3v) is 2.86. The minimum atomic E-state index is -0.809. The van der Waals surface area contributed by atoms with Crippen molar-refractivity contribution in [2.45, 2.75) is 6.92 Å². The molecule has 0 atom stereocenters. The predicted octanol–water partition coefficient (Wildman–Crippen LogP) is 2.71. The van der Waals surface area contributed by atoms with Crippen LogP contribution >= 0.6 is 0 Å². The molecule has 1 aromatic carbocycles. The van der Waals surface area contributed by atoms with Gasteiger partial charge in [0, 0.05) is 17.1 Å². The molecule has 0 saturated heterocycles. The molecule has 0 bridgehead atoms. The summed E-state index contributed by atoms with van der Waals surface area (Å²) < 4.78 is 19.9. The van der Waals surface area contributed by atoms with Crippen molar-refractivity contribution in [2.24, 2.45) is 0 Å². The summed E-state index contributed by atoms with van der Waals surface area (Å²) in [6.07, 6.45) is -0.809. The Balaban J connectivity index is 2.55. The first-order valence-electron chi connectivity index (χ1n) is 5.88. The topological polar surface area (TPSA) is 66.9 Å². The molecule has 6 heteroatoms. The number of pyridine rings is 1. The monoisotopic (exact) mass is 277 g/mol. The van der Waals surface area contributed by atoms with Crippen LogP contribution in [0.25, 0.3) is 10.8 Å². The van der Waals surface area contributed by atoms with Gasteiger partial charge in [0.1, 0.15) is 0 Å². The molecule has 0 unspecified atom stereocenters. The number of nitrogens with zero attached hydrogens (tertiary/aromatic N) is 1. The Morgan fingerprint density at radius 2 is 1.70 bits per heavy atom. The Bertz CT molecular complexity index is 654. The van der Waals surface area contributed by atoms with Crippen LogP contribution in [-0.4, -0.2) is 32.5 Å². The third-order valence-electron chi connectivity index (χ3n) is 2.86. The van der Waals surface area contributed by atoms with Crippen molar-refractivity contribution in [3.8, 4) is 17.4 Å². The summed E-state index contributed by atoms with van der Waals surface area (Å²) in [5.41, 5.74) is 0.711. The Kier molecular flexibility index (Phi) is 3.93. The van der Waals surface area contributed by atoms with Gasteiger partial charge in [-0.05, 0) is 24.4 Å². The van der Waals surface area contributed by atoms with E-state index in [1.54, 1.807) is 26.4 Å². The lowest BCUT2D eigenvalue weighted by molar-refractivity contribution is 0.119. The number of rotatable bonds is 3. The fraction of sp³-hybridized carbons (Fsp3) is 0.286. The number of carbonyl (C=O) groups excluding carboxylic acids is 1. The second-order valence-corrected chi connectivity index (χ2v) is 4.03. The number of benzene rings is 1. The Morgan fingerprint density at radius 3 is 2.30 bits per heavy atom. The molecule has 0 aliphatic heterocycles. The van der Waals surface area contributed by atoms with Gasteiger partial charge >= 0.3 is 6.16 Å².